The van der Waals surface area contributed by atoms with E-state index in [9.17, 15) is 4.79 Å². The van der Waals surface area contributed by atoms with E-state index in [0.29, 0.717) is 6.54 Å². The minimum atomic E-state index is 0. The molecule has 0 saturated carbocycles. The van der Waals surface area contributed by atoms with Gasteiger partial charge in [-0.15, -0.1) is 0 Å². The second-order valence-corrected chi connectivity index (χ2v) is 4.28. The third-order valence-electron chi connectivity index (χ3n) is 3.01. The fraction of sp³-hybridized carbons (Fsp3) is 0.500. The van der Waals surface area contributed by atoms with Gasteiger partial charge < -0.3 is 6.74 Å². The topological polar surface area (TPSA) is 32.3 Å². The first-order valence-electron chi connectivity index (χ1n) is 6.16. The number of likely N-dealkylation sites (N-methyl/N-ethyl adjacent to an activating group) is 1. The number of hydrogen-bond acceptors (Lipinski definition) is 2. The second-order valence-electron chi connectivity index (χ2n) is 4.28. The number of para-hydroxylation sites is 1. The van der Waals surface area contributed by atoms with Crippen LogP contribution >= 0.6 is 0 Å². The number of carbonyl (C=O) groups is 1. The SMILES string of the molecule is CCN(CC)CC(=O)Nc1c(C)cccc1C.[H-].[Li+]. The number of carbonyl (C=O) groups excluding carboxylic acids is 1. The smallest absolute Gasteiger partial charge is 1.00 e. The summed E-state index contributed by atoms with van der Waals surface area (Å²) in [6.45, 7) is 10.4. The molecule has 0 atom stereocenters. The van der Waals surface area contributed by atoms with E-state index in [1.165, 1.54) is 0 Å². The van der Waals surface area contributed by atoms with Gasteiger partial charge in [-0.1, -0.05) is 32.0 Å². The molecule has 0 fully saturated rings. The van der Waals surface area contributed by atoms with Gasteiger partial charge >= 0.3 is 18.9 Å². The van der Waals surface area contributed by atoms with E-state index in [1.807, 2.05) is 32.0 Å². The molecule has 0 radical (unpaired) electrons. The monoisotopic (exact) mass is 242 g/mol. The molecule has 0 aliphatic rings. The third kappa shape index (κ3) is 4.86. The van der Waals surface area contributed by atoms with E-state index < -0.39 is 0 Å². The van der Waals surface area contributed by atoms with E-state index in [2.05, 4.69) is 24.1 Å². The quantitative estimate of drug-likeness (QED) is 0.719. The molecule has 0 spiro atoms. The number of benzene rings is 1. The van der Waals surface area contributed by atoms with Gasteiger partial charge in [-0.2, -0.15) is 0 Å². The summed E-state index contributed by atoms with van der Waals surface area (Å²) in [5.41, 5.74) is 3.17. The second kappa shape index (κ2) is 8.37. The van der Waals surface area contributed by atoms with Gasteiger partial charge in [-0.3, -0.25) is 9.69 Å². The molecule has 1 amide bonds. The Labute approximate surface area is 124 Å². The van der Waals surface area contributed by atoms with Crippen LogP contribution in [-0.2, 0) is 4.79 Å². The molecule has 0 saturated heterocycles. The van der Waals surface area contributed by atoms with Crippen LogP contribution in [0, 0.1) is 13.8 Å². The Balaban J connectivity index is 0. The van der Waals surface area contributed by atoms with Crippen LogP contribution in [0.1, 0.15) is 26.4 Å². The summed E-state index contributed by atoms with van der Waals surface area (Å²) >= 11 is 0. The Morgan fingerprint density at radius 2 is 1.72 bits per heavy atom. The number of amides is 1. The summed E-state index contributed by atoms with van der Waals surface area (Å²) in [5.74, 6) is 0.0612. The van der Waals surface area contributed by atoms with Gasteiger partial charge in [-0.05, 0) is 38.1 Å². The molecular formula is C14H23LiN2O. The number of rotatable bonds is 5. The van der Waals surface area contributed by atoms with Crippen molar-refractivity contribution in [3.05, 3.63) is 29.3 Å². The predicted octanol–water partition coefficient (Wildman–Crippen LogP) is -0.300. The van der Waals surface area contributed by atoms with Crippen LogP contribution < -0.4 is 24.2 Å². The van der Waals surface area contributed by atoms with Crippen molar-refractivity contribution in [3.8, 4) is 0 Å². The molecule has 1 N–H and O–H groups in total. The molecule has 96 valence electrons. The molecule has 0 unspecified atom stereocenters. The molecular weight excluding hydrogens is 219 g/mol. The average molecular weight is 242 g/mol. The first-order valence-corrected chi connectivity index (χ1v) is 6.16. The van der Waals surface area contributed by atoms with E-state index in [0.717, 1.165) is 29.9 Å². The molecule has 18 heavy (non-hydrogen) atoms. The molecule has 0 aliphatic heterocycles. The maximum Gasteiger partial charge on any atom is 1.00 e. The molecule has 0 bridgehead atoms. The Hall–Kier alpha value is -0.753. The van der Waals surface area contributed by atoms with Crippen molar-refractivity contribution >= 4 is 11.6 Å². The maximum absolute atomic E-state index is 11.9. The van der Waals surface area contributed by atoms with Gasteiger partial charge in [0.15, 0.2) is 0 Å². The van der Waals surface area contributed by atoms with Gasteiger partial charge in [0.1, 0.15) is 0 Å². The van der Waals surface area contributed by atoms with E-state index >= 15 is 0 Å². The molecule has 1 rings (SSSR count). The third-order valence-corrected chi connectivity index (χ3v) is 3.01. The number of hydrogen-bond donors (Lipinski definition) is 1. The fourth-order valence-corrected chi connectivity index (χ4v) is 1.84. The zero-order chi connectivity index (χ0) is 12.8. The Morgan fingerprint density at radius 3 is 2.17 bits per heavy atom. The van der Waals surface area contributed by atoms with Crippen LogP contribution in [0.5, 0.6) is 0 Å². The van der Waals surface area contributed by atoms with Gasteiger partial charge in [-0.25, -0.2) is 0 Å². The van der Waals surface area contributed by atoms with Crippen LogP contribution in [0.2, 0.25) is 0 Å². The van der Waals surface area contributed by atoms with Crippen molar-refractivity contribution in [3.63, 3.8) is 0 Å². The molecule has 1 aromatic carbocycles. The van der Waals surface area contributed by atoms with E-state index in [1.54, 1.807) is 0 Å². The van der Waals surface area contributed by atoms with Gasteiger partial charge in [0.25, 0.3) is 0 Å². The number of nitrogens with one attached hydrogen (secondary N) is 1. The van der Waals surface area contributed by atoms with Crippen LogP contribution in [0.25, 0.3) is 0 Å². The van der Waals surface area contributed by atoms with Crippen LogP contribution in [0.15, 0.2) is 18.2 Å². The van der Waals surface area contributed by atoms with Crippen molar-refractivity contribution in [1.82, 2.24) is 4.90 Å². The van der Waals surface area contributed by atoms with Gasteiger partial charge in [0, 0.05) is 5.69 Å². The number of aryl methyl sites for hydroxylation is 2. The number of nitrogens with zero attached hydrogens (tertiary/aromatic N) is 1. The Morgan fingerprint density at radius 1 is 1.22 bits per heavy atom. The molecule has 0 heterocycles. The summed E-state index contributed by atoms with van der Waals surface area (Å²) in [7, 11) is 0. The van der Waals surface area contributed by atoms with Crippen molar-refractivity contribution < 1.29 is 25.1 Å². The van der Waals surface area contributed by atoms with Gasteiger partial charge in [0.05, 0.1) is 6.54 Å². The summed E-state index contributed by atoms with van der Waals surface area (Å²) in [5, 5.41) is 3.00. The minimum absolute atomic E-state index is 0. The predicted molar refractivity (Wildman–Crippen MR) is 73.4 cm³/mol. The van der Waals surface area contributed by atoms with E-state index in [4.69, 9.17) is 0 Å². The Kier molecular flexibility index (Phi) is 8.02. The van der Waals surface area contributed by atoms with Crippen molar-refractivity contribution in [2.45, 2.75) is 27.7 Å². The summed E-state index contributed by atoms with van der Waals surface area (Å²) in [6.07, 6.45) is 0. The fourth-order valence-electron chi connectivity index (χ4n) is 1.84. The maximum atomic E-state index is 11.9. The van der Waals surface area contributed by atoms with Crippen LogP contribution in [-0.4, -0.2) is 30.4 Å². The zero-order valence-electron chi connectivity index (χ0n) is 13.2. The van der Waals surface area contributed by atoms with Crippen LogP contribution in [0.3, 0.4) is 0 Å². The molecule has 1 aromatic rings. The average Bonchev–Trinajstić information content (AvgIpc) is 2.31. The summed E-state index contributed by atoms with van der Waals surface area (Å²) in [6, 6.07) is 6.03. The molecule has 3 nitrogen and oxygen atoms in total. The largest absolute Gasteiger partial charge is 1.00 e. The first kappa shape index (κ1) is 17.2. The minimum Gasteiger partial charge on any atom is -1.00 e. The van der Waals surface area contributed by atoms with Crippen molar-refractivity contribution in [2.75, 3.05) is 25.0 Å². The summed E-state index contributed by atoms with van der Waals surface area (Å²) in [4.78, 5) is 14.0. The van der Waals surface area contributed by atoms with Crippen molar-refractivity contribution in [1.29, 1.82) is 0 Å². The number of anilines is 1. The standard InChI is InChI=1S/C14H22N2O.Li.H/c1-5-16(6-2)10-13(17)15-14-11(3)8-7-9-12(14)4;;/h7-9H,5-6,10H2,1-4H3,(H,15,17);;/q;+1;-1. The van der Waals surface area contributed by atoms with Crippen LogP contribution in [0.4, 0.5) is 5.69 Å². The van der Waals surface area contributed by atoms with E-state index in [-0.39, 0.29) is 26.2 Å². The molecule has 4 heteroatoms. The molecule has 0 aliphatic carbocycles. The Bertz CT molecular complexity index is 375. The first-order chi connectivity index (χ1) is 8.08. The van der Waals surface area contributed by atoms with Gasteiger partial charge in [0.2, 0.25) is 5.91 Å². The molecule has 0 aromatic heterocycles. The summed E-state index contributed by atoms with van der Waals surface area (Å²) < 4.78 is 0. The zero-order valence-corrected chi connectivity index (χ0v) is 12.2. The van der Waals surface area contributed by atoms with Crippen molar-refractivity contribution in [2.24, 2.45) is 0 Å². The normalized spacial score (nSPS) is 10.1.